The second kappa shape index (κ2) is 5.97. The molecule has 0 aliphatic heterocycles. The second-order valence-electron chi connectivity index (χ2n) is 5.82. The summed E-state index contributed by atoms with van der Waals surface area (Å²) >= 11 is 0. The first-order chi connectivity index (χ1) is 10.2. The fourth-order valence-corrected chi connectivity index (χ4v) is 1.87. The first-order valence-electron chi connectivity index (χ1n) is 6.73. The van der Waals surface area contributed by atoms with E-state index >= 15 is 0 Å². The Kier molecular flexibility index (Phi) is 4.25. The molecule has 1 aromatic carbocycles. The Morgan fingerprint density at radius 1 is 1.32 bits per heavy atom. The van der Waals surface area contributed by atoms with Gasteiger partial charge in [0.15, 0.2) is 0 Å². The van der Waals surface area contributed by atoms with Gasteiger partial charge in [-0.15, -0.1) is 0 Å². The Morgan fingerprint density at radius 2 is 1.95 bits per heavy atom. The van der Waals surface area contributed by atoms with Crippen LogP contribution in [0.1, 0.15) is 20.8 Å². The van der Waals surface area contributed by atoms with Crippen molar-refractivity contribution < 1.29 is 14.5 Å². The Labute approximate surface area is 127 Å². The molecule has 0 aliphatic carbocycles. The summed E-state index contributed by atoms with van der Waals surface area (Å²) in [4.78, 5) is 26.1. The van der Waals surface area contributed by atoms with Gasteiger partial charge in [-0.05, 0) is 32.9 Å². The molecule has 0 bridgehead atoms. The van der Waals surface area contributed by atoms with Crippen molar-refractivity contribution in [1.82, 2.24) is 9.55 Å². The number of nitro groups is 1. The molecule has 0 radical (unpaired) electrons. The highest BCUT2D eigenvalue weighted by Crippen LogP contribution is 2.20. The topological polar surface area (TPSA) is 87.3 Å². The monoisotopic (exact) mass is 303 g/mol. The molecule has 0 atom stereocenters. The van der Waals surface area contributed by atoms with Crippen LogP contribution < -0.4 is 0 Å². The lowest BCUT2D eigenvalue weighted by atomic mass is 10.1. The largest absolute Gasteiger partial charge is 0.459 e. The van der Waals surface area contributed by atoms with Crippen molar-refractivity contribution in [3.8, 4) is 11.3 Å². The molecule has 2 aromatic rings. The Morgan fingerprint density at radius 3 is 2.50 bits per heavy atom. The summed E-state index contributed by atoms with van der Waals surface area (Å²) in [5.74, 6) is -0.347. The number of carbonyl (C=O) groups excluding carboxylic acids is 1. The lowest BCUT2D eigenvalue weighted by Crippen LogP contribution is -2.26. The van der Waals surface area contributed by atoms with Gasteiger partial charge in [0.1, 0.15) is 12.1 Å². The van der Waals surface area contributed by atoms with Crippen LogP contribution in [0.3, 0.4) is 0 Å². The minimum Gasteiger partial charge on any atom is -0.459 e. The van der Waals surface area contributed by atoms with Gasteiger partial charge in [0.2, 0.25) is 0 Å². The van der Waals surface area contributed by atoms with Crippen LogP contribution >= 0.6 is 0 Å². The van der Waals surface area contributed by atoms with Crippen molar-refractivity contribution in [2.24, 2.45) is 0 Å². The predicted octanol–water partition coefficient (Wildman–Crippen LogP) is 2.80. The molecule has 0 fully saturated rings. The number of non-ortho nitro benzene ring substituents is 1. The first kappa shape index (κ1) is 15.7. The number of carbonyl (C=O) groups is 1. The number of ether oxygens (including phenoxy) is 1. The summed E-state index contributed by atoms with van der Waals surface area (Å²) in [5, 5.41) is 10.6. The lowest BCUT2D eigenvalue weighted by molar-refractivity contribution is -0.384. The summed E-state index contributed by atoms with van der Waals surface area (Å²) < 4.78 is 6.85. The Bertz CT molecular complexity index is 684. The van der Waals surface area contributed by atoms with E-state index < -0.39 is 10.5 Å². The Hall–Kier alpha value is -2.70. The summed E-state index contributed by atoms with van der Waals surface area (Å²) in [6.45, 7) is 5.49. The third-order valence-electron chi connectivity index (χ3n) is 2.74. The molecular formula is C15H17N3O4. The van der Waals surface area contributed by atoms with Gasteiger partial charge in [0.25, 0.3) is 5.69 Å². The molecule has 2 rings (SSSR count). The van der Waals surface area contributed by atoms with E-state index in [0.29, 0.717) is 5.69 Å². The maximum Gasteiger partial charge on any atom is 0.326 e. The second-order valence-corrected chi connectivity index (χ2v) is 5.82. The van der Waals surface area contributed by atoms with Crippen molar-refractivity contribution in [1.29, 1.82) is 0 Å². The number of nitro benzene ring substituents is 1. The summed E-state index contributed by atoms with van der Waals surface area (Å²) in [7, 11) is 0. The minimum absolute atomic E-state index is 0.0249. The number of rotatable bonds is 4. The standard InChI is InChI=1S/C15H17N3O4/c1-15(2,3)22-14(19)9-17-8-13(16-10-17)11-4-6-12(7-5-11)18(20)21/h4-8,10H,9H2,1-3H3. The molecule has 0 saturated heterocycles. The van der Waals surface area contributed by atoms with E-state index in [0.717, 1.165) is 5.56 Å². The highest BCUT2D eigenvalue weighted by Gasteiger charge is 2.16. The van der Waals surface area contributed by atoms with Crippen molar-refractivity contribution in [3.05, 3.63) is 46.9 Å². The van der Waals surface area contributed by atoms with Gasteiger partial charge in [-0.3, -0.25) is 14.9 Å². The van der Waals surface area contributed by atoms with Crippen LogP contribution in [0.2, 0.25) is 0 Å². The summed E-state index contributed by atoms with van der Waals surface area (Å²) in [6.07, 6.45) is 3.23. The maximum atomic E-state index is 11.7. The molecule has 1 heterocycles. The zero-order valence-corrected chi connectivity index (χ0v) is 12.6. The van der Waals surface area contributed by atoms with E-state index in [1.165, 1.54) is 18.5 Å². The van der Waals surface area contributed by atoms with Crippen LogP contribution in [0, 0.1) is 10.1 Å². The minimum atomic E-state index is -0.529. The zero-order valence-electron chi connectivity index (χ0n) is 12.6. The van der Waals surface area contributed by atoms with Crippen LogP contribution in [0.25, 0.3) is 11.3 Å². The molecule has 7 nitrogen and oxygen atoms in total. The number of esters is 1. The van der Waals surface area contributed by atoms with E-state index in [1.807, 2.05) is 0 Å². The number of hydrogen-bond donors (Lipinski definition) is 0. The van der Waals surface area contributed by atoms with Gasteiger partial charge >= 0.3 is 5.97 Å². The molecule has 0 spiro atoms. The molecule has 116 valence electrons. The van der Waals surface area contributed by atoms with Crippen molar-refractivity contribution in [2.45, 2.75) is 32.9 Å². The molecule has 1 aromatic heterocycles. The average Bonchev–Trinajstić information content (AvgIpc) is 2.85. The van der Waals surface area contributed by atoms with E-state index in [1.54, 1.807) is 43.7 Å². The predicted molar refractivity (Wildman–Crippen MR) is 80.2 cm³/mol. The van der Waals surface area contributed by atoms with Crippen molar-refractivity contribution in [2.75, 3.05) is 0 Å². The maximum absolute atomic E-state index is 11.7. The van der Waals surface area contributed by atoms with Crippen LogP contribution in [0.15, 0.2) is 36.8 Å². The van der Waals surface area contributed by atoms with Crippen molar-refractivity contribution in [3.63, 3.8) is 0 Å². The molecule has 0 unspecified atom stereocenters. The molecular weight excluding hydrogens is 286 g/mol. The van der Waals surface area contributed by atoms with Crippen LogP contribution in [0.4, 0.5) is 5.69 Å². The molecule has 0 amide bonds. The SMILES string of the molecule is CC(C)(C)OC(=O)Cn1cnc(-c2ccc([N+](=O)[O-])cc2)c1. The molecule has 7 heteroatoms. The number of imidazole rings is 1. The van der Waals surface area contributed by atoms with Gasteiger partial charge in [-0.1, -0.05) is 0 Å². The smallest absolute Gasteiger partial charge is 0.326 e. The van der Waals surface area contributed by atoms with Gasteiger partial charge in [-0.2, -0.15) is 0 Å². The van der Waals surface area contributed by atoms with E-state index in [9.17, 15) is 14.9 Å². The average molecular weight is 303 g/mol. The third-order valence-corrected chi connectivity index (χ3v) is 2.74. The van der Waals surface area contributed by atoms with E-state index in [4.69, 9.17) is 4.74 Å². The van der Waals surface area contributed by atoms with Crippen LogP contribution in [-0.2, 0) is 16.1 Å². The molecule has 0 aliphatic rings. The van der Waals surface area contributed by atoms with Crippen LogP contribution in [0.5, 0.6) is 0 Å². The lowest BCUT2D eigenvalue weighted by Gasteiger charge is -2.19. The fraction of sp³-hybridized carbons (Fsp3) is 0.333. The van der Waals surface area contributed by atoms with E-state index in [2.05, 4.69) is 4.98 Å². The number of aromatic nitrogens is 2. The quantitative estimate of drug-likeness (QED) is 0.492. The van der Waals surface area contributed by atoms with Gasteiger partial charge < -0.3 is 9.30 Å². The fourth-order valence-electron chi connectivity index (χ4n) is 1.87. The highest BCUT2D eigenvalue weighted by molar-refractivity contribution is 5.70. The van der Waals surface area contributed by atoms with Gasteiger partial charge in [0.05, 0.1) is 16.9 Å². The summed E-state index contributed by atoms with van der Waals surface area (Å²) in [6, 6.07) is 6.08. The zero-order chi connectivity index (χ0) is 16.3. The van der Waals surface area contributed by atoms with Crippen LogP contribution in [-0.4, -0.2) is 26.0 Å². The Balaban J connectivity index is 2.08. The normalized spacial score (nSPS) is 11.2. The number of nitrogens with zero attached hydrogens (tertiary/aromatic N) is 3. The van der Waals surface area contributed by atoms with Gasteiger partial charge in [0, 0.05) is 23.9 Å². The van der Waals surface area contributed by atoms with Gasteiger partial charge in [-0.25, -0.2) is 4.98 Å². The third kappa shape index (κ3) is 4.15. The first-order valence-corrected chi connectivity index (χ1v) is 6.73. The van der Waals surface area contributed by atoms with Crippen molar-refractivity contribution >= 4 is 11.7 Å². The molecule has 0 N–H and O–H groups in total. The number of hydrogen-bond acceptors (Lipinski definition) is 5. The molecule has 0 saturated carbocycles. The molecule has 22 heavy (non-hydrogen) atoms. The summed E-state index contributed by atoms with van der Waals surface area (Å²) in [5.41, 5.74) is 0.878. The number of benzene rings is 1. The van der Waals surface area contributed by atoms with E-state index in [-0.39, 0.29) is 18.2 Å². The highest BCUT2D eigenvalue weighted by atomic mass is 16.6.